The van der Waals surface area contributed by atoms with E-state index in [9.17, 15) is 0 Å². The van der Waals surface area contributed by atoms with Gasteiger partial charge in [0.05, 0.1) is 0 Å². The van der Waals surface area contributed by atoms with Crippen molar-refractivity contribution in [1.29, 1.82) is 10.5 Å². The molecule has 5 rings (SSSR count). The summed E-state index contributed by atoms with van der Waals surface area (Å²) in [6.45, 7) is 2.29. The number of aromatic nitrogens is 4. The highest BCUT2D eigenvalue weighted by Crippen LogP contribution is 2.17. The smallest absolute Gasteiger partial charge is 0.201 e. The van der Waals surface area contributed by atoms with E-state index >= 15 is 0 Å². The zero-order valence-electron chi connectivity index (χ0n) is 21.1. The molecule has 0 amide bonds. The van der Waals surface area contributed by atoms with Crippen molar-refractivity contribution in [3.8, 4) is 34.4 Å². The van der Waals surface area contributed by atoms with E-state index in [4.69, 9.17) is 10.5 Å². The molecule has 0 fully saturated rings. The van der Waals surface area contributed by atoms with Crippen LogP contribution in [0.4, 0.5) is 0 Å². The maximum atomic E-state index is 8.85. The average Bonchev–Trinajstić information content (AvgIpc) is 2.96. The van der Waals surface area contributed by atoms with Gasteiger partial charge in [-0.15, -0.1) is 0 Å². The molecule has 0 spiro atoms. The fourth-order valence-corrected chi connectivity index (χ4v) is 4.44. The number of rotatable bonds is 8. The molecular weight excluding hydrogens is 468 g/mol. The summed E-state index contributed by atoms with van der Waals surface area (Å²) >= 11 is 0. The first-order valence-electron chi connectivity index (χ1n) is 12.5. The van der Waals surface area contributed by atoms with Crippen LogP contribution in [0.1, 0.15) is 11.1 Å². The lowest BCUT2D eigenvalue weighted by Crippen LogP contribution is -2.36. The standard InChI is InChI=1S/C32H28N6/c33-13-23-35-15-5-27(6-16-35)29-9-19-37(20-10-29)25-31-3-1-2-4-32(31)26-38-21-11-30(12-22-38)28-7-17-36(18-8-28)24-14-34/h1-12,15-22H,23-26H2/q+4. The van der Waals surface area contributed by atoms with Crippen molar-refractivity contribution in [1.82, 2.24) is 0 Å². The number of hydrogen-bond acceptors (Lipinski definition) is 2. The first kappa shape index (κ1) is 24.5. The van der Waals surface area contributed by atoms with Crippen molar-refractivity contribution in [3.63, 3.8) is 0 Å². The molecule has 0 bridgehead atoms. The highest BCUT2D eigenvalue weighted by Gasteiger charge is 2.13. The van der Waals surface area contributed by atoms with Crippen molar-refractivity contribution < 1.29 is 18.3 Å². The molecule has 0 N–H and O–H groups in total. The van der Waals surface area contributed by atoms with Crippen LogP contribution in [0.2, 0.25) is 0 Å². The molecule has 0 aliphatic heterocycles. The van der Waals surface area contributed by atoms with Gasteiger partial charge in [-0.2, -0.15) is 19.7 Å². The lowest BCUT2D eigenvalue weighted by atomic mass is 10.1. The van der Waals surface area contributed by atoms with E-state index in [1.165, 1.54) is 11.1 Å². The molecule has 0 saturated heterocycles. The summed E-state index contributed by atoms with van der Waals surface area (Å²) in [5, 5.41) is 17.7. The van der Waals surface area contributed by atoms with E-state index in [0.717, 1.165) is 35.3 Å². The summed E-state index contributed by atoms with van der Waals surface area (Å²) in [5.74, 6) is 0. The molecule has 0 saturated carbocycles. The SMILES string of the molecule is N#CC[n+]1ccc(-c2cc[n+](Cc3ccccc3C[n+]3ccc(-c4cc[n+](CC#N)cc4)cc3)cc2)cc1. The van der Waals surface area contributed by atoms with Gasteiger partial charge in [-0.3, -0.25) is 0 Å². The molecule has 182 valence electrons. The summed E-state index contributed by atoms with van der Waals surface area (Å²) in [7, 11) is 0. The number of pyridine rings is 4. The molecule has 0 aliphatic rings. The van der Waals surface area contributed by atoms with E-state index in [1.54, 1.807) is 0 Å². The van der Waals surface area contributed by atoms with Crippen LogP contribution in [-0.2, 0) is 26.2 Å². The molecule has 1 aromatic carbocycles. The van der Waals surface area contributed by atoms with Gasteiger partial charge < -0.3 is 0 Å². The molecule has 0 radical (unpaired) electrons. The van der Waals surface area contributed by atoms with E-state index in [-0.39, 0.29) is 0 Å². The van der Waals surface area contributed by atoms with Crippen LogP contribution in [0.15, 0.2) is 122 Å². The third-order valence-electron chi connectivity index (χ3n) is 6.56. The molecule has 6 heteroatoms. The van der Waals surface area contributed by atoms with E-state index < -0.39 is 0 Å². The van der Waals surface area contributed by atoms with E-state index in [2.05, 4.69) is 94.6 Å². The van der Waals surface area contributed by atoms with Crippen LogP contribution < -0.4 is 18.3 Å². The third-order valence-corrected chi connectivity index (χ3v) is 6.56. The second-order valence-electron chi connectivity index (χ2n) is 9.12. The molecule has 4 heterocycles. The predicted octanol–water partition coefficient (Wildman–Crippen LogP) is 3.31. The number of hydrogen-bond donors (Lipinski definition) is 0. The fourth-order valence-electron chi connectivity index (χ4n) is 4.44. The van der Waals surface area contributed by atoms with Crippen LogP contribution >= 0.6 is 0 Å². The Morgan fingerprint density at radius 1 is 0.421 bits per heavy atom. The Morgan fingerprint density at radius 3 is 1.00 bits per heavy atom. The molecule has 0 unspecified atom stereocenters. The van der Waals surface area contributed by atoms with E-state index in [0.29, 0.717) is 13.1 Å². The first-order valence-corrected chi connectivity index (χ1v) is 12.5. The Kier molecular flexibility index (Phi) is 7.53. The summed E-state index contributed by atoms with van der Waals surface area (Å²) in [6, 6.07) is 29.6. The van der Waals surface area contributed by atoms with Gasteiger partial charge in [-0.1, -0.05) is 24.3 Å². The lowest BCUT2D eigenvalue weighted by molar-refractivity contribution is -0.693. The van der Waals surface area contributed by atoms with Crippen LogP contribution in [0, 0.1) is 22.7 Å². The van der Waals surface area contributed by atoms with Crippen LogP contribution in [-0.4, -0.2) is 0 Å². The minimum atomic E-state index is 0.355. The quantitative estimate of drug-likeness (QED) is 0.310. The second kappa shape index (κ2) is 11.7. The Labute approximate surface area is 222 Å². The van der Waals surface area contributed by atoms with Crippen molar-refractivity contribution in [2.24, 2.45) is 0 Å². The molecule has 6 nitrogen and oxygen atoms in total. The van der Waals surface area contributed by atoms with Crippen LogP contribution in [0.3, 0.4) is 0 Å². The Balaban J connectivity index is 1.27. The van der Waals surface area contributed by atoms with Gasteiger partial charge in [0.1, 0.15) is 12.1 Å². The third kappa shape index (κ3) is 5.95. The summed E-state index contributed by atoms with van der Waals surface area (Å²) in [6.07, 6.45) is 16.2. The zero-order chi connectivity index (χ0) is 26.2. The predicted molar refractivity (Wildman–Crippen MR) is 140 cm³/mol. The summed E-state index contributed by atoms with van der Waals surface area (Å²) in [4.78, 5) is 0. The van der Waals surface area contributed by atoms with E-state index in [1.807, 2.05) is 58.2 Å². The Morgan fingerprint density at radius 2 is 0.711 bits per heavy atom. The monoisotopic (exact) mass is 496 g/mol. The molecule has 0 aliphatic carbocycles. The van der Waals surface area contributed by atoms with Crippen molar-refractivity contribution >= 4 is 0 Å². The topological polar surface area (TPSA) is 63.1 Å². The van der Waals surface area contributed by atoms with Crippen molar-refractivity contribution in [2.45, 2.75) is 26.2 Å². The van der Waals surface area contributed by atoms with Gasteiger partial charge in [0, 0.05) is 59.7 Å². The summed E-state index contributed by atoms with van der Waals surface area (Å²) in [5.41, 5.74) is 7.11. The molecule has 4 aromatic heterocycles. The molecule has 38 heavy (non-hydrogen) atoms. The van der Waals surface area contributed by atoms with Crippen LogP contribution in [0.5, 0.6) is 0 Å². The van der Waals surface area contributed by atoms with Gasteiger partial charge >= 0.3 is 0 Å². The van der Waals surface area contributed by atoms with Gasteiger partial charge in [0.15, 0.2) is 62.7 Å². The minimum absolute atomic E-state index is 0.355. The molecular formula is C32H28N6+4. The van der Waals surface area contributed by atoms with Gasteiger partial charge in [-0.25, -0.2) is 9.13 Å². The van der Waals surface area contributed by atoms with Gasteiger partial charge in [0.2, 0.25) is 13.1 Å². The number of nitrogens with zero attached hydrogens (tertiary/aromatic N) is 6. The maximum Gasteiger partial charge on any atom is 0.233 e. The van der Waals surface area contributed by atoms with Crippen molar-refractivity contribution in [3.05, 3.63) is 133 Å². The summed E-state index contributed by atoms with van der Waals surface area (Å²) < 4.78 is 8.12. The zero-order valence-corrected chi connectivity index (χ0v) is 21.1. The van der Waals surface area contributed by atoms with Crippen molar-refractivity contribution in [2.75, 3.05) is 0 Å². The highest BCUT2D eigenvalue weighted by atomic mass is 14.9. The molecule has 0 atom stereocenters. The minimum Gasteiger partial charge on any atom is -0.201 e. The lowest BCUT2D eigenvalue weighted by Gasteiger charge is -2.06. The Hall–Kier alpha value is -5.20. The first-order chi connectivity index (χ1) is 18.7. The fraction of sp³-hybridized carbons (Fsp3) is 0.125. The Bertz CT molecular complexity index is 1470. The average molecular weight is 497 g/mol. The molecule has 5 aromatic rings. The van der Waals surface area contributed by atoms with Gasteiger partial charge in [0.25, 0.3) is 0 Å². The largest absolute Gasteiger partial charge is 0.233 e. The number of nitriles is 2. The highest BCUT2D eigenvalue weighted by molar-refractivity contribution is 5.61. The second-order valence-corrected chi connectivity index (χ2v) is 9.12. The maximum absolute atomic E-state index is 8.85. The normalized spacial score (nSPS) is 10.5. The van der Waals surface area contributed by atoms with Crippen LogP contribution in [0.25, 0.3) is 22.3 Å². The van der Waals surface area contributed by atoms with Gasteiger partial charge in [-0.05, 0) is 22.3 Å². The number of benzene rings is 1.